The van der Waals surface area contributed by atoms with Crippen LogP contribution >= 0.6 is 24.8 Å². The Balaban J connectivity index is 0.00000110. The Kier molecular flexibility index (Phi) is 6.31. The number of hydrogen-bond donors (Lipinski definition) is 0. The number of halogens is 2. The van der Waals surface area contributed by atoms with Gasteiger partial charge in [-0.3, -0.25) is 0 Å². The fourth-order valence-corrected chi connectivity index (χ4v) is 7.56. The molecule has 1 aromatic carbocycles. The van der Waals surface area contributed by atoms with Crippen molar-refractivity contribution in [3.63, 3.8) is 0 Å². The first-order valence-corrected chi connectivity index (χ1v) is 9.41. The maximum absolute atomic E-state index is 2.49. The molecule has 0 bridgehead atoms. The second kappa shape index (κ2) is 6.99. The van der Waals surface area contributed by atoms with Gasteiger partial charge in [0, 0.05) is 0 Å². The molecule has 1 unspecified atom stereocenters. The van der Waals surface area contributed by atoms with Gasteiger partial charge >= 0.3 is 128 Å². The van der Waals surface area contributed by atoms with Crippen LogP contribution in [0.15, 0.2) is 39.2 Å². The van der Waals surface area contributed by atoms with Crippen molar-refractivity contribution in [1.82, 2.24) is 0 Å². The number of rotatable bonds is 2. The molecule has 0 saturated heterocycles. The first kappa shape index (κ1) is 19.0. The van der Waals surface area contributed by atoms with Gasteiger partial charge in [-0.15, -0.1) is 24.8 Å². The van der Waals surface area contributed by atoms with Gasteiger partial charge in [-0.25, -0.2) is 0 Å². The van der Waals surface area contributed by atoms with Crippen LogP contribution in [0, 0.1) is 13.8 Å². The van der Waals surface area contributed by atoms with E-state index >= 15 is 0 Å². The van der Waals surface area contributed by atoms with Crippen molar-refractivity contribution in [2.75, 3.05) is 0 Å². The van der Waals surface area contributed by atoms with E-state index in [2.05, 4.69) is 64.1 Å². The molecular weight excluding hydrogens is 378 g/mol. The van der Waals surface area contributed by atoms with Crippen molar-refractivity contribution in [3.05, 3.63) is 61.5 Å². The average molecular weight is 401 g/mol. The molecular formula is C18H22Cl2Zr. The first-order chi connectivity index (χ1) is 9.01. The van der Waals surface area contributed by atoms with Gasteiger partial charge < -0.3 is 0 Å². The van der Waals surface area contributed by atoms with E-state index in [0.717, 1.165) is 0 Å². The molecule has 0 heterocycles. The van der Waals surface area contributed by atoms with E-state index in [1.165, 1.54) is 23.1 Å². The average Bonchev–Trinajstić information content (AvgIpc) is 2.91. The van der Waals surface area contributed by atoms with Crippen molar-refractivity contribution in [1.29, 1.82) is 0 Å². The second-order valence-electron chi connectivity index (χ2n) is 5.92. The quantitative estimate of drug-likeness (QED) is 0.597. The molecule has 0 aromatic heterocycles. The zero-order chi connectivity index (χ0) is 13.6. The largest absolute Gasteiger partial charge is 0.147 e. The monoisotopic (exact) mass is 398 g/mol. The van der Waals surface area contributed by atoms with Crippen LogP contribution in [0.5, 0.6) is 0 Å². The molecule has 2 aliphatic carbocycles. The Bertz CT molecular complexity index is 641. The van der Waals surface area contributed by atoms with Crippen LogP contribution < -0.4 is 0 Å². The molecule has 3 heteroatoms. The summed E-state index contributed by atoms with van der Waals surface area (Å²) in [6.45, 7) is 9.26. The second-order valence-corrected chi connectivity index (χ2v) is 10.6. The van der Waals surface area contributed by atoms with E-state index in [0.29, 0.717) is 3.12 Å². The van der Waals surface area contributed by atoms with E-state index in [9.17, 15) is 0 Å². The summed E-state index contributed by atoms with van der Waals surface area (Å²) in [5.41, 5.74) is 7.55. The van der Waals surface area contributed by atoms with Crippen LogP contribution in [0.3, 0.4) is 0 Å². The Morgan fingerprint density at radius 2 is 1.67 bits per heavy atom. The third kappa shape index (κ3) is 3.31. The van der Waals surface area contributed by atoms with E-state index < -0.39 is 23.2 Å². The summed E-state index contributed by atoms with van der Waals surface area (Å²) in [4.78, 5) is 0. The van der Waals surface area contributed by atoms with Crippen LogP contribution in [0.2, 0.25) is 0 Å². The Morgan fingerprint density at radius 3 is 2.29 bits per heavy atom. The zero-order valence-corrected chi connectivity index (χ0v) is 17.1. The summed E-state index contributed by atoms with van der Waals surface area (Å²) in [5, 5.41) is 0. The maximum Gasteiger partial charge on any atom is -0.147 e. The Morgan fingerprint density at radius 1 is 1.00 bits per heavy atom. The Hall–Kier alpha value is -0.0969. The molecule has 0 fully saturated rings. The minimum absolute atomic E-state index is 0. The van der Waals surface area contributed by atoms with Crippen molar-refractivity contribution >= 4 is 30.9 Å². The topological polar surface area (TPSA) is 0 Å². The fraction of sp³-hybridized carbons (Fsp3) is 0.333. The molecule has 21 heavy (non-hydrogen) atoms. The van der Waals surface area contributed by atoms with E-state index in [-0.39, 0.29) is 24.8 Å². The van der Waals surface area contributed by atoms with Gasteiger partial charge in [0.15, 0.2) is 0 Å². The predicted molar refractivity (Wildman–Crippen MR) is 93.3 cm³/mol. The number of fused-ring (bicyclic) bond motifs is 1. The molecule has 0 spiro atoms. The molecule has 3 rings (SSSR count). The molecule has 0 aliphatic heterocycles. The molecule has 0 radical (unpaired) electrons. The molecule has 1 aromatic rings. The summed E-state index contributed by atoms with van der Waals surface area (Å²) < 4.78 is 2.11. The number of allylic oxidation sites excluding steroid dienone is 5. The van der Waals surface area contributed by atoms with Crippen molar-refractivity contribution in [2.24, 2.45) is 0 Å². The molecule has 2 aliphatic rings. The standard InChI is InChI=1S/C12H13.C6H7.2ClH.Zr/c1-8-4-5-9(2)12-10(3)6-7-11(8)12;1-6-4-2-3-5-6;;;/h4-7H,1-3H3;2,4H,3H2,1H3;2*1H;. The summed E-state index contributed by atoms with van der Waals surface area (Å²) in [7, 11) is 0. The van der Waals surface area contributed by atoms with Gasteiger partial charge in [0.25, 0.3) is 0 Å². The van der Waals surface area contributed by atoms with Crippen LogP contribution in [0.25, 0.3) is 6.08 Å². The molecule has 112 valence electrons. The SMILES string of the molecule is CC1=[C]([Zr][C]2(C)C=Cc3c(C)ccc(C)c32)CC=C1.Cl.Cl. The van der Waals surface area contributed by atoms with Crippen LogP contribution in [-0.4, -0.2) is 0 Å². The Labute approximate surface area is 152 Å². The molecule has 0 amide bonds. The van der Waals surface area contributed by atoms with Gasteiger partial charge in [-0.1, -0.05) is 0 Å². The number of aryl methyl sites for hydroxylation is 2. The summed E-state index contributed by atoms with van der Waals surface area (Å²) >= 11 is -0.620. The number of hydrogen-bond acceptors (Lipinski definition) is 0. The van der Waals surface area contributed by atoms with Gasteiger partial charge in [0.2, 0.25) is 0 Å². The predicted octanol–water partition coefficient (Wildman–Crippen LogP) is 5.71. The minimum Gasteiger partial charge on any atom is -0.147 e. The maximum atomic E-state index is 2.49. The van der Waals surface area contributed by atoms with E-state index in [1.54, 1.807) is 14.4 Å². The summed E-state index contributed by atoms with van der Waals surface area (Å²) in [6.07, 6.45) is 10.7. The van der Waals surface area contributed by atoms with Crippen molar-refractivity contribution in [3.8, 4) is 0 Å². The van der Waals surface area contributed by atoms with Crippen LogP contribution in [-0.2, 0) is 26.4 Å². The normalized spacial score (nSPS) is 21.9. The first-order valence-electron chi connectivity index (χ1n) is 6.96. The summed E-state index contributed by atoms with van der Waals surface area (Å²) in [6, 6.07) is 4.56. The minimum atomic E-state index is -0.620. The van der Waals surface area contributed by atoms with Gasteiger partial charge in [0.05, 0.1) is 0 Å². The van der Waals surface area contributed by atoms with Crippen molar-refractivity contribution in [2.45, 2.75) is 37.2 Å². The van der Waals surface area contributed by atoms with Crippen LogP contribution in [0.1, 0.15) is 42.5 Å². The smallest absolute Gasteiger partial charge is 0.147 e. The molecule has 0 saturated carbocycles. The van der Waals surface area contributed by atoms with Crippen molar-refractivity contribution < 1.29 is 23.2 Å². The fourth-order valence-electron chi connectivity index (χ4n) is 3.25. The summed E-state index contributed by atoms with van der Waals surface area (Å²) in [5.74, 6) is 0. The van der Waals surface area contributed by atoms with Gasteiger partial charge in [-0.2, -0.15) is 0 Å². The third-order valence-electron chi connectivity index (χ3n) is 4.35. The van der Waals surface area contributed by atoms with E-state index in [4.69, 9.17) is 0 Å². The third-order valence-corrected chi connectivity index (χ3v) is 8.86. The van der Waals surface area contributed by atoms with Gasteiger partial charge in [0.1, 0.15) is 0 Å². The van der Waals surface area contributed by atoms with Gasteiger partial charge in [-0.05, 0) is 0 Å². The molecule has 0 nitrogen and oxygen atoms in total. The zero-order valence-electron chi connectivity index (χ0n) is 13.0. The van der Waals surface area contributed by atoms with Crippen LogP contribution in [0.4, 0.5) is 0 Å². The number of benzene rings is 1. The molecule has 1 atom stereocenters. The molecule has 0 N–H and O–H groups in total. The van der Waals surface area contributed by atoms with E-state index in [1.807, 2.05) is 0 Å².